The van der Waals surface area contributed by atoms with Crippen molar-refractivity contribution in [1.29, 1.82) is 0 Å². The van der Waals surface area contributed by atoms with Gasteiger partial charge in [-0.25, -0.2) is 14.5 Å². The molecular weight excluding hydrogens is 416 g/mol. The van der Waals surface area contributed by atoms with Crippen molar-refractivity contribution in [3.05, 3.63) is 131 Å². The van der Waals surface area contributed by atoms with E-state index in [0.29, 0.717) is 0 Å². The molecule has 1 unspecified atom stereocenters. The first-order chi connectivity index (χ1) is 16.6. The number of aromatic nitrogens is 3. The fourth-order valence-electron chi connectivity index (χ4n) is 4.56. The Kier molecular flexibility index (Phi) is 6.05. The average Bonchev–Trinajstić information content (AvgIpc) is 3.20. The van der Waals surface area contributed by atoms with E-state index in [-0.39, 0.29) is 5.92 Å². The second-order valence-corrected chi connectivity index (χ2v) is 8.58. The Bertz CT molecular complexity index is 1390. The molecule has 168 valence electrons. The van der Waals surface area contributed by atoms with E-state index in [9.17, 15) is 0 Å². The number of benzene rings is 3. The summed E-state index contributed by atoms with van der Waals surface area (Å²) >= 11 is 0. The van der Waals surface area contributed by atoms with Crippen molar-refractivity contribution < 1.29 is 0 Å². The minimum Gasteiger partial charge on any atom is -0.248 e. The Labute approximate surface area is 200 Å². The number of hydrogen-bond acceptors (Lipinski definition) is 3. The number of hydrogen-bond donors (Lipinski definition) is 0. The molecule has 2 heterocycles. The van der Waals surface area contributed by atoms with E-state index in [1.165, 1.54) is 11.1 Å². The van der Waals surface area contributed by atoms with E-state index in [1.807, 2.05) is 35.8 Å². The molecule has 0 amide bonds. The molecule has 0 N–H and O–H groups in total. The monoisotopic (exact) mass is 444 g/mol. The summed E-state index contributed by atoms with van der Waals surface area (Å²) in [6, 6.07) is 31.3. The smallest absolute Gasteiger partial charge is 0.159 e. The number of nitrogens with zero attached hydrogens (tertiary/aromatic N) is 4. The first-order valence-electron chi connectivity index (χ1n) is 11.8. The molecular formula is C30H28N4. The molecule has 5 aromatic rings. The number of fused-ring (bicyclic) bond motifs is 1. The van der Waals surface area contributed by atoms with Gasteiger partial charge in [-0.05, 0) is 44.0 Å². The number of rotatable bonds is 6. The summed E-state index contributed by atoms with van der Waals surface area (Å²) in [5.74, 6) is 0.229. The molecule has 0 saturated carbocycles. The summed E-state index contributed by atoms with van der Waals surface area (Å²) in [4.78, 5) is 9.85. The van der Waals surface area contributed by atoms with Gasteiger partial charge in [-0.3, -0.25) is 0 Å². The van der Waals surface area contributed by atoms with Gasteiger partial charge in [-0.2, -0.15) is 5.10 Å². The van der Waals surface area contributed by atoms with Gasteiger partial charge in [-0.15, -0.1) is 0 Å². The van der Waals surface area contributed by atoms with Gasteiger partial charge >= 0.3 is 0 Å². The fourth-order valence-corrected chi connectivity index (χ4v) is 4.56. The number of aliphatic imine (C=N–C) groups is 1. The van der Waals surface area contributed by atoms with Gasteiger partial charge in [0.25, 0.3) is 0 Å². The highest BCUT2D eigenvalue weighted by molar-refractivity contribution is 6.13. The van der Waals surface area contributed by atoms with Crippen LogP contribution in [0, 0.1) is 13.8 Å². The Balaban J connectivity index is 1.53. The van der Waals surface area contributed by atoms with Gasteiger partial charge in [-0.1, -0.05) is 79.7 Å². The van der Waals surface area contributed by atoms with Crippen molar-refractivity contribution in [3.63, 3.8) is 0 Å². The lowest BCUT2D eigenvalue weighted by Gasteiger charge is -2.16. The molecule has 0 aliphatic carbocycles. The Morgan fingerprint density at radius 1 is 0.824 bits per heavy atom. The average molecular weight is 445 g/mol. The number of aryl methyl sites for hydroxylation is 2. The maximum absolute atomic E-state index is 5.06. The standard InChI is InChI=1S/C30H28N4/c1-4-27(28-22(3)33-34-20-19-21(2)31-30(28)34)23-15-17-26(18-16-23)32-29(24-11-7-5-8-12-24)25-13-9-6-10-14-25/h5-20,27H,4H2,1-3H3. The van der Waals surface area contributed by atoms with Crippen LogP contribution in [-0.4, -0.2) is 20.3 Å². The molecule has 0 fully saturated rings. The first-order valence-corrected chi connectivity index (χ1v) is 11.8. The topological polar surface area (TPSA) is 42.5 Å². The van der Waals surface area contributed by atoms with Gasteiger partial charge < -0.3 is 0 Å². The quantitative estimate of drug-likeness (QED) is 0.263. The third-order valence-corrected chi connectivity index (χ3v) is 6.23. The molecule has 2 aromatic heterocycles. The summed E-state index contributed by atoms with van der Waals surface area (Å²) in [5.41, 5.74) is 9.55. The third-order valence-electron chi connectivity index (χ3n) is 6.23. The Morgan fingerprint density at radius 3 is 2.03 bits per heavy atom. The molecule has 34 heavy (non-hydrogen) atoms. The highest BCUT2D eigenvalue weighted by atomic mass is 15.2. The van der Waals surface area contributed by atoms with Crippen LogP contribution >= 0.6 is 0 Å². The second-order valence-electron chi connectivity index (χ2n) is 8.58. The van der Waals surface area contributed by atoms with Crippen molar-refractivity contribution >= 4 is 17.0 Å². The van der Waals surface area contributed by atoms with Crippen LogP contribution in [0.15, 0.2) is 102 Å². The van der Waals surface area contributed by atoms with E-state index in [0.717, 1.165) is 46.0 Å². The van der Waals surface area contributed by atoms with Crippen molar-refractivity contribution in [2.45, 2.75) is 33.1 Å². The molecule has 0 saturated heterocycles. The van der Waals surface area contributed by atoms with Crippen LogP contribution in [0.2, 0.25) is 0 Å². The fraction of sp³-hybridized carbons (Fsp3) is 0.167. The Morgan fingerprint density at radius 2 is 1.44 bits per heavy atom. The molecule has 4 heteroatoms. The molecule has 5 rings (SSSR count). The van der Waals surface area contributed by atoms with Crippen LogP contribution in [-0.2, 0) is 0 Å². The van der Waals surface area contributed by atoms with Crippen molar-refractivity contribution in [3.8, 4) is 0 Å². The lowest BCUT2D eigenvalue weighted by atomic mass is 9.89. The van der Waals surface area contributed by atoms with E-state index >= 15 is 0 Å². The summed E-state index contributed by atoms with van der Waals surface area (Å²) in [6.07, 6.45) is 2.97. The summed E-state index contributed by atoms with van der Waals surface area (Å²) < 4.78 is 1.89. The van der Waals surface area contributed by atoms with Crippen LogP contribution in [0.25, 0.3) is 5.65 Å². The third kappa shape index (κ3) is 4.27. The van der Waals surface area contributed by atoms with Crippen molar-refractivity contribution in [2.75, 3.05) is 0 Å². The van der Waals surface area contributed by atoms with Crippen LogP contribution < -0.4 is 0 Å². The summed E-state index contributed by atoms with van der Waals surface area (Å²) in [5, 5.41) is 4.70. The van der Waals surface area contributed by atoms with Crippen LogP contribution in [0.5, 0.6) is 0 Å². The molecule has 1 atom stereocenters. The van der Waals surface area contributed by atoms with Gasteiger partial charge in [0, 0.05) is 34.5 Å². The van der Waals surface area contributed by atoms with Crippen molar-refractivity contribution in [1.82, 2.24) is 14.6 Å². The highest BCUT2D eigenvalue weighted by Gasteiger charge is 2.21. The van der Waals surface area contributed by atoms with Gasteiger partial charge in [0.05, 0.1) is 17.1 Å². The lowest BCUT2D eigenvalue weighted by Crippen LogP contribution is -2.03. The van der Waals surface area contributed by atoms with Crippen LogP contribution in [0.4, 0.5) is 5.69 Å². The summed E-state index contributed by atoms with van der Waals surface area (Å²) in [7, 11) is 0. The SMILES string of the molecule is CCC(c1ccc(N=C(c2ccccc2)c2ccccc2)cc1)c1c(C)nn2ccc(C)nc12. The van der Waals surface area contributed by atoms with Crippen LogP contribution in [0.1, 0.15) is 52.9 Å². The van der Waals surface area contributed by atoms with Gasteiger partial charge in [0.2, 0.25) is 0 Å². The molecule has 3 aromatic carbocycles. The van der Waals surface area contributed by atoms with E-state index in [4.69, 9.17) is 15.1 Å². The first kappa shape index (κ1) is 21.8. The zero-order valence-corrected chi connectivity index (χ0v) is 19.8. The maximum atomic E-state index is 5.06. The zero-order chi connectivity index (χ0) is 23.5. The molecule has 0 bridgehead atoms. The zero-order valence-electron chi connectivity index (χ0n) is 19.8. The van der Waals surface area contributed by atoms with Crippen molar-refractivity contribution in [2.24, 2.45) is 4.99 Å². The largest absolute Gasteiger partial charge is 0.248 e. The maximum Gasteiger partial charge on any atom is 0.159 e. The van der Waals surface area contributed by atoms with Crippen LogP contribution in [0.3, 0.4) is 0 Å². The van der Waals surface area contributed by atoms with E-state index in [1.54, 1.807) is 0 Å². The predicted molar refractivity (Wildman–Crippen MR) is 139 cm³/mol. The van der Waals surface area contributed by atoms with E-state index in [2.05, 4.69) is 86.6 Å². The lowest BCUT2D eigenvalue weighted by molar-refractivity contribution is 0.775. The molecule has 0 spiro atoms. The molecule has 0 aliphatic heterocycles. The molecule has 0 aliphatic rings. The molecule has 0 radical (unpaired) electrons. The highest BCUT2D eigenvalue weighted by Crippen LogP contribution is 2.33. The van der Waals surface area contributed by atoms with Gasteiger partial charge in [0.1, 0.15) is 0 Å². The molecule has 4 nitrogen and oxygen atoms in total. The second kappa shape index (κ2) is 9.44. The van der Waals surface area contributed by atoms with Gasteiger partial charge in [0.15, 0.2) is 5.65 Å². The normalized spacial score (nSPS) is 12.0. The minimum absolute atomic E-state index is 0.229. The summed E-state index contributed by atoms with van der Waals surface area (Å²) in [6.45, 7) is 6.32. The predicted octanol–water partition coefficient (Wildman–Crippen LogP) is 7.06. The minimum atomic E-state index is 0.229. The van der Waals surface area contributed by atoms with E-state index < -0.39 is 0 Å². The Hall–Kier alpha value is -4.05.